The Morgan fingerprint density at radius 2 is 1.46 bits per heavy atom. The van der Waals surface area contributed by atoms with Crippen molar-refractivity contribution in [3.63, 3.8) is 0 Å². The quantitative estimate of drug-likeness (QED) is 0.560. The summed E-state index contributed by atoms with van der Waals surface area (Å²) in [7, 11) is 0. The molecule has 3 aromatic carbocycles. The van der Waals surface area contributed by atoms with Gasteiger partial charge < -0.3 is 10.7 Å². The van der Waals surface area contributed by atoms with Gasteiger partial charge in [-0.15, -0.1) is 0 Å². The zero-order chi connectivity index (χ0) is 18.1. The van der Waals surface area contributed by atoms with E-state index in [1.165, 1.54) is 4.57 Å². The van der Waals surface area contributed by atoms with E-state index < -0.39 is 11.6 Å². The number of nitrogens with one attached hydrogen (secondary N) is 1. The van der Waals surface area contributed by atoms with Crippen molar-refractivity contribution in [2.24, 2.45) is 0 Å². The maximum atomic E-state index is 13.5. The number of anilines is 1. The molecule has 4 aromatic rings. The maximum Gasteiger partial charge on any atom is 0.333 e. The van der Waals surface area contributed by atoms with Gasteiger partial charge in [0.1, 0.15) is 0 Å². The van der Waals surface area contributed by atoms with Gasteiger partial charge in [-0.3, -0.25) is 4.79 Å². The van der Waals surface area contributed by atoms with Gasteiger partial charge in [-0.2, -0.15) is 0 Å². The van der Waals surface area contributed by atoms with Gasteiger partial charge in [-0.1, -0.05) is 60.7 Å². The van der Waals surface area contributed by atoms with Gasteiger partial charge in [0.2, 0.25) is 5.91 Å². The third kappa shape index (κ3) is 2.69. The van der Waals surface area contributed by atoms with Crippen LogP contribution in [-0.2, 0) is 0 Å². The Morgan fingerprint density at radius 1 is 0.885 bits per heavy atom. The van der Waals surface area contributed by atoms with Crippen LogP contribution in [0.15, 0.2) is 83.7 Å². The summed E-state index contributed by atoms with van der Waals surface area (Å²) in [5.74, 6) is -0.903. The van der Waals surface area contributed by atoms with Crippen LogP contribution >= 0.6 is 0 Å². The first-order valence-corrected chi connectivity index (χ1v) is 8.29. The molecule has 0 aliphatic carbocycles. The number of aromatic amines is 1. The molecule has 0 radical (unpaired) electrons. The second-order valence-corrected chi connectivity index (χ2v) is 6.13. The van der Waals surface area contributed by atoms with Crippen molar-refractivity contribution in [2.75, 3.05) is 5.73 Å². The molecule has 0 unspecified atom stereocenters. The normalized spacial score (nSPS) is 11.1. The highest BCUT2D eigenvalue weighted by atomic mass is 16.2. The molecule has 0 saturated carbocycles. The Labute approximate surface area is 149 Å². The number of carbonyl (C=O) groups excluding carboxylic acids is 1. The average Bonchev–Trinajstić information content (AvgIpc) is 2.98. The van der Waals surface area contributed by atoms with Crippen molar-refractivity contribution in [1.82, 2.24) is 9.55 Å². The summed E-state index contributed by atoms with van der Waals surface area (Å²) in [6.45, 7) is 0. The Morgan fingerprint density at radius 3 is 2.04 bits per heavy atom. The summed E-state index contributed by atoms with van der Waals surface area (Å²) in [5, 5.41) is 0. The lowest BCUT2D eigenvalue weighted by Gasteiger charge is -2.17. The smallest absolute Gasteiger partial charge is 0.333 e. The number of H-pyrrole nitrogens is 1. The molecule has 5 nitrogen and oxygen atoms in total. The molecule has 1 aromatic heterocycles. The highest BCUT2D eigenvalue weighted by molar-refractivity contribution is 5.96. The van der Waals surface area contributed by atoms with E-state index in [2.05, 4.69) is 4.98 Å². The van der Waals surface area contributed by atoms with Crippen LogP contribution < -0.4 is 11.4 Å². The van der Waals surface area contributed by atoms with Crippen LogP contribution in [0.1, 0.15) is 21.8 Å². The molecule has 128 valence electrons. The molecule has 0 amide bonds. The minimum atomic E-state index is -0.587. The van der Waals surface area contributed by atoms with Crippen LogP contribution in [0.4, 0.5) is 5.69 Å². The van der Waals surface area contributed by atoms with Gasteiger partial charge in [0.15, 0.2) is 0 Å². The van der Waals surface area contributed by atoms with Crippen LogP contribution in [0.2, 0.25) is 0 Å². The molecule has 0 fully saturated rings. The minimum absolute atomic E-state index is 0.316. The Bertz CT molecular complexity index is 1090. The lowest BCUT2D eigenvalue weighted by Crippen LogP contribution is -2.29. The topological polar surface area (TPSA) is 80.9 Å². The van der Waals surface area contributed by atoms with Gasteiger partial charge in [0.05, 0.1) is 17.0 Å². The number of hydrogen-bond donors (Lipinski definition) is 2. The molecule has 0 spiro atoms. The second-order valence-electron chi connectivity index (χ2n) is 6.13. The molecular weight excluding hydrogens is 326 g/mol. The monoisotopic (exact) mass is 343 g/mol. The Kier molecular flexibility index (Phi) is 3.89. The summed E-state index contributed by atoms with van der Waals surface area (Å²) >= 11 is 0. The fourth-order valence-electron chi connectivity index (χ4n) is 3.24. The number of nitrogen functional groups attached to an aromatic ring is 1. The van der Waals surface area contributed by atoms with E-state index >= 15 is 0 Å². The molecule has 4 rings (SSSR count). The van der Waals surface area contributed by atoms with E-state index in [1.54, 1.807) is 18.2 Å². The Hall–Kier alpha value is -3.60. The van der Waals surface area contributed by atoms with Gasteiger partial charge in [-0.05, 0) is 29.3 Å². The van der Waals surface area contributed by atoms with Crippen molar-refractivity contribution in [2.45, 2.75) is 5.92 Å². The van der Waals surface area contributed by atoms with Crippen molar-refractivity contribution in [3.8, 4) is 0 Å². The van der Waals surface area contributed by atoms with Crippen LogP contribution in [0.5, 0.6) is 0 Å². The molecule has 1 heterocycles. The predicted octanol–water partition coefficient (Wildman–Crippen LogP) is 3.38. The fraction of sp³-hybridized carbons (Fsp3) is 0.0476. The number of hydrogen-bond acceptors (Lipinski definition) is 3. The van der Waals surface area contributed by atoms with E-state index in [1.807, 2.05) is 60.7 Å². The number of fused-ring (bicyclic) bond motifs is 1. The van der Waals surface area contributed by atoms with E-state index in [4.69, 9.17) is 5.73 Å². The molecule has 26 heavy (non-hydrogen) atoms. The summed E-state index contributed by atoms with van der Waals surface area (Å²) in [4.78, 5) is 28.7. The average molecular weight is 343 g/mol. The first-order chi connectivity index (χ1) is 12.6. The van der Waals surface area contributed by atoms with E-state index in [-0.39, 0.29) is 5.91 Å². The predicted molar refractivity (Wildman–Crippen MR) is 102 cm³/mol. The van der Waals surface area contributed by atoms with Crippen LogP contribution in [0.25, 0.3) is 11.0 Å². The lowest BCUT2D eigenvalue weighted by atomic mass is 9.90. The summed E-state index contributed by atoms with van der Waals surface area (Å²) in [6.07, 6.45) is 0. The fourth-order valence-corrected chi connectivity index (χ4v) is 3.24. The summed E-state index contributed by atoms with van der Waals surface area (Å²) in [5.41, 5.74) is 8.61. The van der Waals surface area contributed by atoms with Crippen molar-refractivity contribution in [1.29, 1.82) is 0 Å². The largest absolute Gasteiger partial charge is 0.399 e. The first kappa shape index (κ1) is 15.9. The van der Waals surface area contributed by atoms with Crippen molar-refractivity contribution >= 4 is 22.6 Å². The zero-order valence-corrected chi connectivity index (χ0v) is 13.9. The van der Waals surface area contributed by atoms with Crippen LogP contribution in [0, 0.1) is 0 Å². The van der Waals surface area contributed by atoms with Gasteiger partial charge >= 0.3 is 5.69 Å². The summed E-state index contributed by atoms with van der Waals surface area (Å²) in [6, 6.07) is 23.9. The number of nitrogens with two attached hydrogens (primary N) is 1. The number of rotatable bonds is 3. The second kappa shape index (κ2) is 6.37. The molecule has 0 aliphatic heterocycles. The van der Waals surface area contributed by atoms with Gasteiger partial charge in [0, 0.05) is 5.69 Å². The van der Waals surface area contributed by atoms with Crippen molar-refractivity contribution in [3.05, 3.63) is 100 Å². The van der Waals surface area contributed by atoms with E-state index in [0.29, 0.717) is 16.7 Å². The Balaban J connectivity index is 1.93. The first-order valence-electron chi connectivity index (χ1n) is 8.29. The number of imidazole rings is 1. The van der Waals surface area contributed by atoms with Crippen LogP contribution in [-0.4, -0.2) is 15.5 Å². The number of aromatic nitrogens is 2. The molecular formula is C21H17N3O2. The van der Waals surface area contributed by atoms with E-state index in [0.717, 1.165) is 11.1 Å². The van der Waals surface area contributed by atoms with Gasteiger partial charge in [-0.25, -0.2) is 9.36 Å². The third-order valence-corrected chi connectivity index (χ3v) is 4.44. The van der Waals surface area contributed by atoms with Crippen LogP contribution in [0.3, 0.4) is 0 Å². The SMILES string of the molecule is Nc1ccc2[nH]c(=O)n(C(=O)C(c3ccccc3)c3ccccc3)c2c1. The molecule has 0 saturated heterocycles. The molecule has 0 bridgehead atoms. The zero-order valence-electron chi connectivity index (χ0n) is 13.9. The minimum Gasteiger partial charge on any atom is -0.399 e. The number of carbonyl (C=O) groups is 1. The molecule has 0 atom stereocenters. The van der Waals surface area contributed by atoms with E-state index in [9.17, 15) is 9.59 Å². The maximum absolute atomic E-state index is 13.5. The van der Waals surface area contributed by atoms with Crippen molar-refractivity contribution < 1.29 is 4.79 Å². The molecule has 0 aliphatic rings. The number of benzene rings is 3. The third-order valence-electron chi connectivity index (χ3n) is 4.44. The van der Waals surface area contributed by atoms with Gasteiger partial charge in [0.25, 0.3) is 0 Å². The number of nitrogens with zero attached hydrogens (tertiary/aromatic N) is 1. The lowest BCUT2D eigenvalue weighted by molar-refractivity contribution is 0.0894. The highest BCUT2D eigenvalue weighted by Crippen LogP contribution is 2.27. The molecule has 5 heteroatoms. The molecule has 3 N–H and O–H groups in total. The highest BCUT2D eigenvalue weighted by Gasteiger charge is 2.27. The summed E-state index contributed by atoms with van der Waals surface area (Å²) < 4.78 is 1.18. The standard InChI is InChI=1S/C21H17N3O2/c22-16-11-12-17-18(13-16)24(21(26)23-17)20(25)19(14-7-3-1-4-8-14)15-9-5-2-6-10-15/h1-13,19H,22H2,(H,23,26).